The highest BCUT2D eigenvalue weighted by molar-refractivity contribution is 6.20. The van der Waals surface area contributed by atoms with Crippen LogP contribution in [0, 0.1) is 12.7 Å². The fourth-order valence-corrected chi connectivity index (χ4v) is 1.33. The van der Waals surface area contributed by atoms with Crippen LogP contribution in [0.1, 0.15) is 25.5 Å². The van der Waals surface area contributed by atoms with Gasteiger partial charge in [0.1, 0.15) is 6.33 Å². The summed E-state index contributed by atoms with van der Waals surface area (Å²) in [7, 11) is 0. The molecule has 0 aliphatic heterocycles. The fraction of sp³-hybridized carbons (Fsp3) is 0.600. The third-order valence-corrected chi connectivity index (χ3v) is 2.25. The van der Waals surface area contributed by atoms with Gasteiger partial charge in [0.15, 0.2) is 11.6 Å². The van der Waals surface area contributed by atoms with Crippen molar-refractivity contribution in [2.75, 3.05) is 11.9 Å². The van der Waals surface area contributed by atoms with Crippen LogP contribution in [0.2, 0.25) is 0 Å². The van der Waals surface area contributed by atoms with Gasteiger partial charge in [-0.15, -0.1) is 11.6 Å². The maximum absolute atomic E-state index is 13.4. The van der Waals surface area contributed by atoms with Crippen LogP contribution in [0.15, 0.2) is 6.33 Å². The normalized spacial score (nSPS) is 12.5. The summed E-state index contributed by atoms with van der Waals surface area (Å²) in [6.45, 7) is 4.23. The summed E-state index contributed by atoms with van der Waals surface area (Å²) in [6, 6.07) is 0. The average Bonchev–Trinajstić information content (AvgIpc) is 2.18. The van der Waals surface area contributed by atoms with Crippen molar-refractivity contribution in [1.29, 1.82) is 0 Å². The van der Waals surface area contributed by atoms with Crippen LogP contribution >= 0.6 is 11.6 Å². The lowest BCUT2D eigenvalue weighted by atomic mass is 10.2. The minimum absolute atomic E-state index is 0.156. The number of aryl methyl sites for hydroxylation is 1. The number of nitrogens with one attached hydrogen (secondary N) is 1. The number of halogens is 2. The maximum atomic E-state index is 13.4. The van der Waals surface area contributed by atoms with Gasteiger partial charge in [-0.05, 0) is 26.7 Å². The molecular formula is C10H15ClFN3. The molecule has 0 aliphatic carbocycles. The Morgan fingerprint density at radius 1 is 1.53 bits per heavy atom. The predicted octanol–water partition coefficient (Wildman–Crippen LogP) is 2.74. The number of rotatable bonds is 5. The molecule has 0 spiro atoms. The third kappa shape index (κ3) is 4.00. The SMILES string of the molecule is Cc1ncnc(NCCCC(C)Cl)c1F. The second kappa shape index (κ2) is 5.85. The number of nitrogens with zero attached hydrogens (tertiary/aromatic N) is 2. The first-order valence-corrected chi connectivity index (χ1v) is 5.40. The number of hydrogen-bond donors (Lipinski definition) is 1. The van der Waals surface area contributed by atoms with Gasteiger partial charge in [-0.25, -0.2) is 14.4 Å². The summed E-state index contributed by atoms with van der Waals surface area (Å²) in [5, 5.41) is 3.08. The van der Waals surface area contributed by atoms with Gasteiger partial charge in [0.2, 0.25) is 0 Å². The zero-order chi connectivity index (χ0) is 11.3. The molecule has 1 heterocycles. The molecule has 1 aromatic rings. The predicted molar refractivity (Wildman–Crippen MR) is 59.8 cm³/mol. The van der Waals surface area contributed by atoms with Crippen molar-refractivity contribution in [3.8, 4) is 0 Å². The van der Waals surface area contributed by atoms with E-state index in [1.165, 1.54) is 6.33 Å². The molecule has 15 heavy (non-hydrogen) atoms. The Bertz CT molecular complexity index is 318. The van der Waals surface area contributed by atoms with Crippen LogP contribution in [0.3, 0.4) is 0 Å². The molecule has 3 nitrogen and oxygen atoms in total. The van der Waals surface area contributed by atoms with E-state index in [4.69, 9.17) is 11.6 Å². The zero-order valence-electron chi connectivity index (χ0n) is 8.93. The molecule has 0 aliphatic rings. The first-order valence-electron chi connectivity index (χ1n) is 4.96. The van der Waals surface area contributed by atoms with Crippen molar-refractivity contribution in [3.63, 3.8) is 0 Å². The second-order valence-electron chi connectivity index (χ2n) is 3.47. The minimum atomic E-state index is -0.378. The van der Waals surface area contributed by atoms with E-state index in [0.29, 0.717) is 12.2 Å². The fourth-order valence-electron chi connectivity index (χ4n) is 1.17. The van der Waals surface area contributed by atoms with Crippen LogP contribution in [-0.4, -0.2) is 21.9 Å². The van der Waals surface area contributed by atoms with Gasteiger partial charge in [-0.3, -0.25) is 0 Å². The number of hydrogen-bond acceptors (Lipinski definition) is 3. The van der Waals surface area contributed by atoms with E-state index in [2.05, 4.69) is 15.3 Å². The Balaban J connectivity index is 2.41. The molecule has 0 amide bonds. The highest BCUT2D eigenvalue weighted by atomic mass is 35.5. The summed E-state index contributed by atoms with van der Waals surface area (Å²) in [5.74, 6) is -0.110. The first kappa shape index (κ1) is 12.2. The van der Waals surface area contributed by atoms with Crippen molar-refractivity contribution in [2.45, 2.75) is 32.1 Å². The molecule has 0 fully saturated rings. The second-order valence-corrected chi connectivity index (χ2v) is 4.22. The molecular weight excluding hydrogens is 217 g/mol. The van der Waals surface area contributed by atoms with Crippen molar-refractivity contribution in [1.82, 2.24) is 9.97 Å². The number of anilines is 1. The van der Waals surface area contributed by atoms with E-state index in [1.807, 2.05) is 6.92 Å². The van der Waals surface area contributed by atoms with Gasteiger partial charge in [0.25, 0.3) is 0 Å². The molecule has 0 saturated heterocycles. The highest BCUT2D eigenvalue weighted by Gasteiger charge is 2.06. The Morgan fingerprint density at radius 2 is 2.27 bits per heavy atom. The lowest BCUT2D eigenvalue weighted by molar-refractivity contribution is 0.603. The average molecular weight is 232 g/mol. The van der Waals surface area contributed by atoms with Crippen LogP contribution in [0.4, 0.5) is 10.2 Å². The molecule has 0 saturated carbocycles. The Labute approximate surface area is 94.1 Å². The van der Waals surface area contributed by atoms with Gasteiger partial charge < -0.3 is 5.32 Å². The van der Waals surface area contributed by atoms with E-state index in [-0.39, 0.29) is 17.0 Å². The van der Waals surface area contributed by atoms with Crippen molar-refractivity contribution in [3.05, 3.63) is 17.8 Å². The van der Waals surface area contributed by atoms with Gasteiger partial charge in [-0.1, -0.05) is 0 Å². The lowest BCUT2D eigenvalue weighted by Crippen LogP contribution is -2.08. The molecule has 1 atom stereocenters. The molecule has 5 heteroatoms. The molecule has 0 bridgehead atoms. The van der Waals surface area contributed by atoms with Crippen LogP contribution in [0.25, 0.3) is 0 Å². The largest absolute Gasteiger partial charge is 0.368 e. The Hall–Kier alpha value is -0.900. The summed E-state index contributed by atoms with van der Waals surface area (Å²) < 4.78 is 13.4. The molecule has 1 unspecified atom stereocenters. The van der Waals surface area contributed by atoms with E-state index in [9.17, 15) is 4.39 Å². The standard InChI is InChI=1S/C10H15ClFN3/c1-7(11)4-3-5-13-10-9(12)8(2)14-6-15-10/h6-7H,3-5H2,1-2H3,(H,13,14,15). The van der Waals surface area contributed by atoms with Crippen molar-refractivity contribution < 1.29 is 4.39 Å². The zero-order valence-corrected chi connectivity index (χ0v) is 9.68. The van der Waals surface area contributed by atoms with E-state index >= 15 is 0 Å². The number of alkyl halides is 1. The summed E-state index contributed by atoms with van der Waals surface area (Å²) in [4.78, 5) is 7.57. The van der Waals surface area contributed by atoms with Gasteiger partial charge in [0, 0.05) is 11.9 Å². The Morgan fingerprint density at radius 3 is 2.93 bits per heavy atom. The van der Waals surface area contributed by atoms with Crippen LogP contribution in [0.5, 0.6) is 0 Å². The topological polar surface area (TPSA) is 37.8 Å². The molecule has 1 aromatic heterocycles. The third-order valence-electron chi connectivity index (χ3n) is 2.03. The van der Waals surface area contributed by atoms with E-state index in [0.717, 1.165) is 12.8 Å². The van der Waals surface area contributed by atoms with Crippen molar-refractivity contribution in [2.24, 2.45) is 0 Å². The molecule has 84 valence electrons. The molecule has 1 rings (SSSR count). The summed E-state index contributed by atoms with van der Waals surface area (Å²) in [6.07, 6.45) is 3.15. The maximum Gasteiger partial charge on any atom is 0.186 e. The van der Waals surface area contributed by atoms with Crippen LogP contribution < -0.4 is 5.32 Å². The molecule has 0 aromatic carbocycles. The summed E-state index contributed by atoms with van der Waals surface area (Å²) >= 11 is 5.79. The highest BCUT2D eigenvalue weighted by Crippen LogP contribution is 2.12. The smallest absolute Gasteiger partial charge is 0.186 e. The first-order chi connectivity index (χ1) is 7.11. The van der Waals surface area contributed by atoms with Gasteiger partial charge >= 0.3 is 0 Å². The monoisotopic (exact) mass is 231 g/mol. The van der Waals surface area contributed by atoms with Crippen LogP contribution in [-0.2, 0) is 0 Å². The number of aromatic nitrogens is 2. The van der Waals surface area contributed by atoms with Crippen molar-refractivity contribution >= 4 is 17.4 Å². The van der Waals surface area contributed by atoms with E-state index < -0.39 is 0 Å². The van der Waals surface area contributed by atoms with Gasteiger partial charge in [-0.2, -0.15) is 0 Å². The Kier molecular flexibility index (Phi) is 4.75. The van der Waals surface area contributed by atoms with Gasteiger partial charge in [0.05, 0.1) is 5.69 Å². The minimum Gasteiger partial charge on any atom is -0.368 e. The molecule has 0 radical (unpaired) electrons. The van der Waals surface area contributed by atoms with E-state index in [1.54, 1.807) is 6.92 Å². The molecule has 1 N–H and O–H groups in total. The lowest BCUT2D eigenvalue weighted by Gasteiger charge is -2.07. The quantitative estimate of drug-likeness (QED) is 0.626. The summed E-state index contributed by atoms with van der Waals surface area (Å²) in [5.41, 5.74) is 0.359.